The minimum Gasteiger partial charge on any atom is -0.379 e. The van der Waals surface area contributed by atoms with Crippen LogP contribution in [0.5, 0.6) is 0 Å². The van der Waals surface area contributed by atoms with Crippen molar-refractivity contribution < 1.29 is 17.9 Å². The molecule has 1 aliphatic heterocycles. The van der Waals surface area contributed by atoms with Gasteiger partial charge in [-0.15, -0.1) is 11.3 Å². The van der Waals surface area contributed by atoms with Gasteiger partial charge in [-0.3, -0.25) is 9.89 Å². The molecule has 2 rings (SSSR count). The largest absolute Gasteiger partial charge is 0.434 e. The van der Waals surface area contributed by atoms with Gasteiger partial charge in [0.05, 0.1) is 18.2 Å². The highest BCUT2D eigenvalue weighted by Gasteiger charge is 2.33. The number of ether oxygens (including phenoxy) is 1. The lowest BCUT2D eigenvalue weighted by molar-refractivity contribution is -0.140. The van der Waals surface area contributed by atoms with Crippen LogP contribution >= 0.6 is 11.3 Å². The van der Waals surface area contributed by atoms with Crippen LogP contribution in [0.15, 0.2) is 10.4 Å². The van der Waals surface area contributed by atoms with Crippen LogP contribution in [0.25, 0.3) is 0 Å². The number of hydrogen-bond donors (Lipinski definition) is 2. The third kappa shape index (κ3) is 6.62. The molecule has 0 aromatic carbocycles. The van der Waals surface area contributed by atoms with Crippen molar-refractivity contribution in [2.24, 2.45) is 10.7 Å². The minimum atomic E-state index is -4.39. The van der Waals surface area contributed by atoms with Crippen LogP contribution in [0.1, 0.15) is 17.1 Å². The number of hydrogen-bond acceptors (Lipinski definition) is 5. The molecule has 0 radical (unpaired) electrons. The fraction of sp³-hybridized carbons (Fsp3) is 0.714. The fourth-order valence-corrected chi connectivity index (χ4v) is 3.03. The number of halogens is 3. The Kier molecular flexibility index (Phi) is 7.25. The minimum absolute atomic E-state index is 0.310. The molecule has 1 saturated heterocycles. The van der Waals surface area contributed by atoms with Gasteiger partial charge >= 0.3 is 6.18 Å². The van der Waals surface area contributed by atoms with E-state index in [0.717, 1.165) is 56.0 Å². The summed E-state index contributed by atoms with van der Waals surface area (Å²) in [6, 6.07) is 0. The topological polar surface area (TPSA) is 75.8 Å². The zero-order valence-corrected chi connectivity index (χ0v) is 14.1. The Labute approximate surface area is 142 Å². The van der Waals surface area contributed by atoms with E-state index in [1.54, 1.807) is 0 Å². The first-order valence-corrected chi connectivity index (χ1v) is 8.68. The van der Waals surface area contributed by atoms with Crippen molar-refractivity contribution in [3.8, 4) is 0 Å². The molecular formula is C14H22F3N5OS. The molecule has 0 amide bonds. The van der Waals surface area contributed by atoms with Crippen LogP contribution in [0, 0.1) is 0 Å². The van der Waals surface area contributed by atoms with Gasteiger partial charge in [0.25, 0.3) is 0 Å². The van der Waals surface area contributed by atoms with Crippen molar-refractivity contribution >= 4 is 17.3 Å². The smallest absolute Gasteiger partial charge is 0.379 e. The van der Waals surface area contributed by atoms with E-state index < -0.39 is 11.9 Å². The number of aromatic nitrogens is 1. The summed E-state index contributed by atoms with van der Waals surface area (Å²) < 4.78 is 42.6. The molecule has 2 heterocycles. The van der Waals surface area contributed by atoms with E-state index in [4.69, 9.17) is 10.5 Å². The predicted molar refractivity (Wildman–Crippen MR) is 87.2 cm³/mol. The summed E-state index contributed by atoms with van der Waals surface area (Å²) in [4.78, 5) is 10.1. The molecular weight excluding hydrogens is 343 g/mol. The number of morpholine rings is 1. The first kappa shape index (κ1) is 18.9. The first-order valence-electron chi connectivity index (χ1n) is 7.80. The lowest BCUT2D eigenvalue weighted by Crippen LogP contribution is -2.37. The Bertz CT molecular complexity index is 529. The molecule has 0 saturated carbocycles. The van der Waals surface area contributed by atoms with Crippen molar-refractivity contribution in [1.29, 1.82) is 0 Å². The van der Waals surface area contributed by atoms with E-state index in [1.807, 2.05) is 0 Å². The van der Waals surface area contributed by atoms with Crippen LogP contribution < -0.4 is 11.1 Å². The van der Waals surface area contributed by atoms with Gasteiger partial charge < -0.3 is 15.8 Å². The van der Waals surface area contributed by atoms with E-state index in [0.29, 0.717) is 30.5 Å². The van der Waals surface area contributed by atoms with Crippen LogP contribution in [-0.2, 0) is 17.3 Å². The van der Waals surface area contributed by atoms with Crippen LogP contribution in [0.2, 0.25) is 0 Å². The number of rotatable bonds is 7. The highest BCUT2D eigenvalue weighted by atomic mass is 32.1. The third-order valence-corrected chi connectivity index (χ3v) is 4.41. The first-order chi connectivity index (χ1) is 11.4. The molecule has 136 valence electrons. The number of thiazole rings is 1. The van der Waals surface area contributed by atoms with Crippen molar-refractivity contribution in [1.82, 2.24) is 15.2 Å². The highest BCUT2D eigenvalue weighted by Crippen LogP contribution is 2.29. The Morgan fingerprint density at radius 2 is 2.17 bits per heavy atom. The zero-order chi connectivity index (χ0) is 17.4. The van der Waals surface area contributed by atoms with E-state index >= 15 is 0 Å². The summed E-state index contributed by atoms with van der Waals surface area (Å²) in [5.74, 6) is 0.310. The Morgan fingerprint density at radius 1 is 1.42 bits per heavy atom. The van der Waals surface area contributed by atoms with Gasteiger partial charge in [-0.2, -0.15) is 13.2 Å². The Morgan fingerprint density at radius 3 is 2.83 bits per heavy atom. The molecule has 6 nitrogen and oxygen atoms in total. The van der Waals surface area contributed by atoms with Crippen molar-refractivity contribution in [3.63, 3.8) is 0 Å². The summed E-state index contributed by atoms with van der Waals surface area (Å²) in [5.41, 5.74) is 4.90. The average molecular weight is 365 g/mol. The van der Waals surface area contributed by atoms with Crippen LogP contribution in [0.4, 0.5) is 13.2 Å². The predicted octanol–water partition coefficient (Wildman–Crippen LogP) is 1.33. The molecule has 0 aliphatic carbocycles. The van der Waals surface area contributed by atoms with Gasteiger partial charge in [0.1, 0.15) is 0 Å². The van der Waals surface area contributed by atoms with Gasteiger partial charge in [-0.25, -0.2) is 4.98 Å². The molecule has 3 N–H and O–H groups in total. The van der Waals surface area contributed by atoms with Gasteiger partial charge in [-0.05, 0) is 6.42 Å². The summed E-state index contributed by atoms with van der Waals surface area (Å²) in [6.45, 7) is 5.44. The lowest BCUT2D eigenvalue weighted by Gasteiger charge is -2.26. The lowest BCUT2D eigenvalue weighted by atomic mass is 10.3. The molecule has 1 fully saturated rings. The van der Waals surface area contributed by atoms with Gasteiger partial charge in [-0.1, -0.05) is 0 Å². The highest BCUT2D eigenvalue weighted by molar-refractivity contribution is 7.09. The number of nitrogens with zero attached hydrogens (tertiary/aromatic N) is 3. The average Bonchev–Trinajstić information content (AvgIpc) is 3.02. The molecule has 0 unspecified atom stereocenters. The maximum Gasteiger partial charge on any atom is 0.434 e. The van der Waals surface area contributed by atoms with Crippen LogP contribution in [-0.4, -0.2) is 61.8 Å². The number of alkyl halides is 3. The maximum absolute atomic E-state index is 12.4. The van der Waals surface area contributed by atoms with Gasteiger partial charge in [0.15, 0.2) is 11.7 Å². The quantitative estimate of drug-likeness (QED) is 0.433. The number of nitrogens with two attached hydrogens (primary N) is 1. The van der Waals surface area contributed by atoms with E-state index in [9.17, 15) is 13.2 Å². The Hall–Kier alpha value is -1.39. The van der Waals surface area contributed by atoms with Gasteiger partial charge in [0, 0.05) is 44.5 Å². The monoisotopic (exact) mass is 365 g/mol. The second-order valence-electron chi connectivity index (χ2n) is 5.38. The van der Waals surface area contributed by atoms with E-state index in [-0.39, 0.29) is 0 Å². The molecule has 0 spiro atoms. The summed E-state index contributed by atoms with van der Waals surface area (Å²) in [6.07, 6.45) is -3.10. The summed E-state index contributed by atoms with van der Waals surface area (Å²) in [5, 5.41) is 4.35. The molecule has 10 heteroatoms. The van der Waals surface area contributed by atoms with E-state index in [2.05, 4.69) is 20.2 Å². The summed E-state index contributed by atoms with van der Waals surface area (Å²) >= 11 is 0.998. The third-order valence-electron chi connectivity index (χ3n) is 3.51. The molecule has 0 atom stereocenters. The molecule has 1 aromatic heterocycles. The maximum atomic E-state index is 12.4. The van der Waals surface area contributed by atoms with Crippen LogP contribution in [0.3, 0.4) is 0 Å². The van der Waals surface area contributed by atoms with Crippen molar-refractivity contribution in [2.45, 2.75) is 19.0 Å². The fourth-order valence-electron chi connectivity index (χ4n) is 2.23. The number of aliphatic imine (C=N–C) groups is 1. The second kappa shape index (κ2) is 9.19. The molecule has 0 bridgehead atoms. The second-order valence-corrected chi connectivity index (χ2v) is 6.32. The normalized spacial score (nSPS) is 17.2. The Balaban J connectivity index is 1.60. The molecule has 24 heavy (non-hydrogen) atoms. The van der Waals surface area contributed by atoms with Crippen molar-refractivity contribution in [2.75, 3.05) is 45.9 Å². The van der Waals surface area contributed by atoms with E-state index in [1.165, 1.54) is 0 Å². The summed E-state index contributed by atoms with van der Waals surface area (Å²) in [7, 11) is 0. The van der Waals surface area contributed by atoms with Gasteiger partial charge in [0.2, 0.25) is 0 Å². The number of guanidine groups is 1. The standard InChI is InChI=1S/C14H22F3N5OS/c15-14(16,17)11-10-24-12(21-11)2-4-20-13(18)19-3-1-5-22-6-8-23-9-7-22/h10H,1-9H2,(H3,18,19,20). The molecule has 1 aromatic rings. The number of nitrogens with one attached hydrogen (secondary N) is 1. The SMILES string of the molecule is NC(=NCCCN1CCOCC1)NCCc1nc(C(F)(F)F)cs1. The zero-order valence-electron chi connectivity index (χ0n) is 13.3. The molecule has 1 aliphatic rings. The van der Waals surface area contributed by atoms with Crippen molar-refractivity contribution in [3.05, 3.63) is 16.1 Å².